The second-order valence-electron chi connectivity index (χ2n) is 5.71. The van der Waals surface area contributed by atoms with E-state index in [2.05, 4.69) is 9.79 Å². The second-order valence-corrected chi connectivity index (χ2v) is 5.71. The first-order valence-electron chi connectivity index (χ1n) is 6.95. The SMILES string of the molecule is [O-][n+]1onc2c1CC[C@@H]1N(O)[C@@H](c3ccccc3)C[C@]21O. The Morgan fingerprint density at radius 1 is 1.38 bits per heavy atom. The molecule has 1 aromatic heterocycles. The van der Waals surface area contributed by atoms with Gasteiger partial charge >= 0.3 is 0 Å². The lowest BCUT2D eigenvalue weighted by molar-refractivity contribution is -0.808. The number of fused-ring (bicyclic) bond motifs is 3. The molecule has 0 saturated carbocycles. The molecule has 2 aliphatic rings. The molecular weight excluding hydrogens is 274 g/mol. The lowest BCUT2D eigenvalue weighted by Gasteiger charge is -2.31. The summed E-state index contributed by atoms with van der Waals surface area (Å²) >= 11 is 0. The van der Waals surface area contributed by atoms with E-state index in [4.69, 9.17) is 0 Å². The van der Waals surface area contributed by atoms with Crippen LogP contribution < -0.4 is 4.90 Å². The summed E-state index contributed by atoms with van der Waals surface area (Å²) < 4.78 is 4.62. The van der Waals surface area contributed by atoms with Gasteiger partial charge in [-0.15, -0.1) is 0 Å². The molecule has 3 atom stereocenters. The predicted molar refractivity (Wildman–Crippen MR) is 68.9 cm³/mol. The quantitative estimate of drug-likeness (QED) is 0.748. The largest absolute Gasteiger partial charge is 0.379 e. The van der Waals surface area contributed by atoms with E-state index in [0.717, 1.165) is 5.56 Å². The van der Waals surface area contributed by atoms with Crippen LogP contribution in [0, 0.1) is 5.21 Å². The van der Waals surface area contributed by atoms with E-state index < -0.39 is 11.6 Å². The van der Waals surface area contributed by atoms with E-state index in [1.165, 1.54) is 5.06 Å². The first kappa shape index (κ1) is 12.8. The molecule has 0 bridgehead atoms. The zero-order chi connectivity index (χ0) is 14.6. The highest BCUT2D eigenvalue weighted by atomic mass is 16.8. The molecular formula is C14H15N3O4. The van der Waals surface area contributed by atoms with Crippen molar-refractivity contribution in [2.45, 2.75) is 36.9 Å². The van der Waals surface area contributed by atoms with Gasteiger partial charge in [-0.2, -0.15) is 5.06 Å². The van der Waals surface area contributed by atoms with Crippen LogP contribution in [-0.2, 0) is 12.0 Å². The minimum atomic E-state index is -1.36. The van der Waals surface area contributed by atoms with Crippen LogP contribution in [0.25, 0.3) is 0 Å². The summed E-state index contributed by atoms with van der Waals surface area (Å²) in [6.45, 7) is 0. The summed E-state index contributed by atoms with van der Waals surface area (Å²) in [6, 6.07) is 8.69. The molecule has 21 heavy (non-hydrogen) atoms. The number of hydrogen-bond acceptors (Lipinski definition) is 6. The van der Waals surface area contributed by atoms with Gasteiger partial charge in [-0.25, -0.2) is 0 Å². The Bertz CT molecular complexity index is 674. The van der Waals surface area contributed by atoms with Crippen molar-refractivity contribution in [1.82, 2.24) is 10.2 Å². The van der Waals surface area contributed by atoms with Crippen molar-refractivity contribution in [1.29, 1.82) is 0 Å². The van der Waals surface area contributed by atoms with Gasteiger partial charge in [-0.1, -0.05) is 30.3 Å². The summed E-state index contributed by atoms with van der Waals surface area (Å²) in [5.41, 5.74) is 0.173. The number of rotatable bonds is 1. The van der Waals surface area contributed by atoms with Gasteiger partial charge in [0.05, 0.1) is 12.1 Å². The maximum absolute atomic E-state index is 11.5. The Balaban J connectivity index is 1.77. The first-order chi connectivity index (χ1) is 10.1. The summed E-state index contributed by atoms with van der Waals surface area (Å²) in [6.07, 6.45) is 1.18. The van der Waals surface area contributed by atoms with Gasteiger partial charge in [0.15, 0.2) is 5.60 Å². The van der Waals surface area contributed by atoms with Crippen molar-refractivity contribution in [2.75, 3.05) is 0 Å². The van der Waals surface area contributed by atoms with Gasteiger partial charge in [-0.3, -0.25) is 4.63 Å². The molecule has 110 valence electrons. The van der Waals surface area contributed by atoms with E-state index in [-0.39, 0.29) is 18.2 Å². The van der Waals surface area contributed by atoms with Crippen LogP contribution in [0.3, 0.4) is 0 Å². The maximum Gasteiger partial charge on any atom is 0.254 e. The fourth-order valence-electron chi connectivity index (χ4n) is 3.61. The van der Waals surface area contributed by atoms with Gasteiger partial charge in [0.2, 0.25) is 5.69 Å². The van der Waals surface area contributed by atoms with Crippen LogP contribution in [-0.4, -0.2) is 26.6 Å². The van der Waals surface area contributed by atoms with Crippen molar-refractivity contribution in [2.24, 2.45) is 0 Å². The molecule has 4 rings (SSSR count). The van der Waals surface area contributed by atoms with Crippen molar-refractivity contribution < 1.29 is 19.8 Å². The highest BCUT2D eigenvalue weighted by molar-refractivity contribution is 5.29. The average molecular weight is 289 g/mol. The molecule has 7 nitrogen and oxygen atoms in total. The molecule has 0 spiro atoms. The lowest BCUT2D eigenvalue weighted by atomic mass is 9.80. The van der Waals surface area contributed by atoms with Crippen LogP contribution in [0.2, 0.25) is 0 Å². The zero-order valence-electron chi connectivity index (χ0n) is 11.2. The molecule has 7 heteroatoms. The Hall–Kier alpha value is -1.96. The predicted octanol–water partition coefficient (Wildman–Crippen LogP) is 0.647. The average Bonchev–Trinajstić information content (AvgIpc) is 3.00. The topological polar surface area (TPSA) is 96.7 Å². The van der Waals surface area contributed by atoms with E-state index in [0.29, 0.717) is 23.4 Å². The fourth-order valence-corrected chi connectivity index (χ4v) is 3.61. The van der Waals surface area contributed by atoms with Gasteiger partial charge < -0.3 is 15.5 Å². The number of hydrogen-bond donors (Lipinski definition) is 2. The number of nitrogens with zero attached hydrogens (tertiary/aromatic N) is 3. The van der Waals surface area contributed by atoms with E-state index in [1.807, 2.05) is 30.3 Å². The minimum Gasteiger partial charge on any atom is -0.379 e. The zero-order valence-corrected chi connectivity index (χ0v) is 11.2. The molecule has 2 heterocycles. The van der Waals surface area contributed by atoms with E-state index in [1.54, 1.807) is 0 Å². The van der Waals surface area contributed by atoms with Crippen LogP contribution in [0.15, 0.2) is 35.0 Å². The van der Waals surface area contributed by atoms with Crippen molar-refractivity contribution in [3.05, 3.63) is 52.5 Å². The standard InChI is InChI=1S/C14H15N3O4/c18-14-8-11(9-4-2-1-3-5-9)16(19)12(14)7-6-10-13(14)15-21-17(10)20/h1-5,11-12,18-19H,6-8H2/t11-,12+,14-/m1/s1. The Morgan fingerprint density at radius 2 is 2.14 bits per heavy atom. The highest BCUT2D eigenvalue weighted by Crippen LogP contribution is 2.50. The lowest BCUT2D eigenvalue weighted by Crippen LogP contribution is -2.47. The Kier molecular flexibility index (Phi) is 2.59. The summed E-state index contributed by atoms with van der Waals surface area (Å²) in [4.78, 5) is 0.348. The van der Waals surface area contributed by atoms with Gasteiger partial charge in [-0.05, 0) is 16.9 Å². The van der Waals surface area contributed by atoms with Crippen molar-refractivity contribution in [3.63, 3.8) is 0 Å². The van der Waals surface area contributed by atoms with E-state index >= 15 is 0 Å². The molecule has 0 radical (unpaired) electrons. The molecule has 2 aromatic rings. The molecule has 1 saturated heterocycles. The monoisotopic (exact) mass is 289 g/mol. The third-order valence-electron chi connectivity index (χ3n) is 4.64. The molecule has 1 aliphatic heterocycles. The molecule has 1 aliphatic carbocycles. The highest BCUT2D eigenvalue weighted by Gasteiger charge is 2.60. The van der Waals surface area contributed by atoms with Crippen molar-refractivity contribution >= 4 is 0 Å². The van der Waals surface area contributed by atoms with Crippen LogP contribution >= 0.6 is 0 Å². The molecule has 0 amide bonds. The normalized spacial score (nSPS) is 31.9. The molecule has 1 aromatic carbocycles. The summed E-state index contributed by atoms with van der Waals surface area (Å²) in [7, 11) is 0. The molecule has 1 fully saturated rings. The molecule has 0 unspecified atom stereocenters. The van der Waals surface area contributed by atoms with Gasteiger partial charge in [0.1, 0.15) is 0 Å². The Labute approximate surface area is 120 Å². The Morgan fingerprint density at radius 3 is 2.90 bits per heavy atom. The number of aromatic nitrogens is 2. The fraction of sp³-hybridized carbons (Fsp3) is 0.429. The number of benzene rings is 1. The van der Waals surface area contributed by atoms with Crippen LogP contribution in [0.4, 0.5) is 0 Å². The second kappa shape index (κ2) is 4.27. The molecule has 2 N–H and O–H groups in total. The first-order valence-corrected chi connectivity index (χ1v) is 6.95. The third-order valence-corrected chi connectivity index (χ3v) is 4.64. The van der Waals surface area contributed by atoms with Gasteiger partial charge in [0, 0.05) is 18.0 Å². The van der Waals surface area contributed by atoms with Crippen molar-refractivity contribution in [3.8, 4) is 0 Å². The third kappa shape index (κ3) is 1.65. The van der Waals surface area contributed by atoms with Gasteiger partial charge in [0.25, 0.3) is 5.69 Å². The maximum atomic E-state index is 11.5. The van der Waals surface area contributed by atoms with Crippen LogP contribution in [0.5, 0.6) is 0 Å². The smallest absolute Gasteiger partial charge is 0.254 e. The summed E-state index contributed by atoms with van der Waals surface area (Å²) in [5, 5.41) is 37.9. The number of hydroxylamine groups is 2. The number of aliphatic hydroxyl groups is 1. The summed E-state index contributed by atoms with van der Waals surface area (Å²) in [5.74, 6) is 0. The van der Waals surface area contributed by atoms with Crippen LogP contribution in [0.1, 0.15) is 35.8 Å². The van der Waals surface area contributed by atoms with E-state index in [9.17, 15) is 15.5 Å². The minimum absolute atomic E-state index is 0.256.